The molecule has 0 aliphatic heterocycles. The quantitative estimate of drug-likeness (QED) is 0.781. The van der Waals surface area contributed by atoms with Crippen LogP contribution in [0.1, 0.15) is 44.7 Å². The molecule has 106 valence electrons. The molecule has 0 bridgehead atoms. The van der Waals surface area contributed by atoms with Crippen LogP contribution in [0.4, 0.5) is 0 Å². The maximum Gasteiger partial charge on any atom is 0.236 e. The van der Waals surface area contributed by atoms with E-state index in [9.17, 15) is 4.79 Å². The van der Waals surface area contributed by atoms with E-state index in [4.69, 9.17) is 0 Å². The van der Waals surface area contributed by atoms with E-state index in [0.717, 1.165) is 13.0 Å². The summed E-state index contributed by atoms with van der Waals surface area (Å²) in [6.07, 6.45) is 3.42. The van der Waals surface area contributed by atoms with E-state index in [1.807, 2.05) is 20.0 Å². The Labute approximate surface area is 117 Å². The van der Waals surface area contributed by atoms with Crippen LogP contribution in [0, 0.1) is 0 Å². The van der Waals surface area contributed by atoms with Gasteiger partial charge in [-0.05, 0) is 18.9 Å². The topological polar surface area (TPSA) is 32.3 Å². The number of hydrogen-bond donors (Lipinski definition) is 1. The first-order chi connectivity index (χ1) is 9.19. The highest BCUT2D eigenvalue weighted by Crippen LogP contribution is 2.18. The second kappa shape index (κ2) is 8.70. The Morgan fingerprint density at radius 3 is 2.53 bits per heavy atom. The number of amides is 1. The van der Waals surface area contributed by atoms with Crippen molar-refractivity contribution in [2.75, 3.05) is 20.1 Å². The van der Waals surface area contributed by atoms with Gasteiger partial charge in [-0.2, -0.15) is 0 Å². The minimum atomic E-state index is 0.153. The Hall–Kier alpha value is -1.35. The summed E-state index contributed by atoms with van der Waals surface area (Å²) in [6.45, 7) is 5.35. The third-order valence-corrected chi connectivity index (χ3v) is 3.45. The first-order valence-corrected chi connectivity index (χ1v) is 7.21. The molecule has 0 saturated heterocycles. The van der Waals surface area contributed by atoms with E-state index in [2.05, 4.69) is 36.5 Å². The number of carbonyl (C=O) groups is 1. The highest BCUT2D eigenvalue weighted by Gasteiger charge is 2.13. The summed E-state index contributed by atoms with van der Waals surface area (Å²) >= 11 is 0. The Morgan fingerprint density at radius 1 is 1.26 bits per heavy atom. The number of nitrogens with one attached hydrogen (secondary N) is 1. The van der Waals surface area contributed by atoms with Crippen molar-refractivity contribution in [3.8, 4) is 0 Å². The van der Waals surface area contributed by atoms with Crippen LogP contribution in [0.3, 0.4) is 0 Å². The monoisotopic (exact) mass is 262 g/mol. The number of benzene rings is 1. The number of carbonyl (C=O) groups excluding carboxylic acids is 1. The highest BCUT2D eigenvalue weighted by molar-refractivity contribution is 5.77. The maximum absolute atomic E-state index is 11.8. The maximum atomic E-state index is 11.8. The molecule has 1 aromatic carbocycles. The molecule has 0 spiro atoms. The number of rotatable bonds is 8. The molecule has 3 heteroatoms. The van der Waals surface area contributed by atoms with Gasteiger partial charge < -0.3 is 10.2 Å². The van der Waals surface area contributed by atoms with Crippen LogP contribution in [0.5, 0.6) is 0 Å². The van der Waals surface area contributed by atoms with Crippen molar-refractivity contribution in [3.63, 3.8) is 0 Å². The minimum absolute atomic E-state index is 0.153. The molecule has 0 aliphatic carbocycles. The number of likely N-dealkylation sites (N-methyl/N-ethyl adjacent to an activating group) is 1. The van der Waals surface area contributed by atoms with E-state index < -0.39 is 0 Å². The molecule has 1 N–H and O–H groups in total. The zero-order chi connectivity index (χ0) is 14.1. The third-order valence-electron chi connectivity index (χ3n) is 3.45. The van der Waals surface area contributed by atoms with E-state index in [0.29, 0.717) is 6.54 Å². The summed E-state index contributed by atoms with van der Waals surface area (Å²) in [5.74, 6) is 0.153. The lowest BCUT2D eigenvalue weighted by molar-refractivity contribution is -0.128. The second-order valence-corrected chi connectivity index (χ2v) is 4.89. The van der Waals surface area contributed by atoms with Crippen LogP contribution in [-0.2, 0) is 4.79 Å². The summed E-state index contributed by atoms with van der Waals surface area (Å²) in [7, 11) is 1.84. The molecular weight excluding hydrogens is 236 g/mol. The van der Waals surface area contributed by atoms with E-state index in [-0.39, 0.29) is 11.9 Å². The standard InChI is InChI=1S/C16H26N2O/c1-4-6-12-15(14-10-8-7-9-11-14)17-13-16(19)18(3)5-2/h7-11,15,17H,4-6,12-13H2,1-3H3. The van der Waals surface area contributed by atoms with Gasteiger partial charge in [0.15, 0.2) is 0 Å². The molecule has 0 fully saturated rings. The van der Waals surface area contributed by atoms with Crippen molar-refractivity contribution in [2.24, 2.45) is 0 Å². The SMILES string of the molecule is CCCCC(NCC(=O)N(C)CC)c1ccccc1. The fourth-order valence-corrected chi connectivity index (χ4v) is 2.00. The molecule has 3 nitrogen and oxygen atoms in total. The van der Waals surface area contributed by atoms with Gasteiger partial charge in [0.25, 0.3) is 0 Å². The molecule has 1 amide bonds. The van der Waals surface area contributed by atoms with Gasteiger partial charge in [-0.3, -0.25) is 4.79 Å². The van der Waals surface area contributed by atoms with Gasteiger partial charge in [0.05, 0.1) is 6.54 Å². The fourth-order valence-electron chi connectivity index (χ4n) is 2.00. The van der Waals surface area contributed by atoms with E-state index >= 15 is 0 Å². The Kier molecular flexibility index (Phi) is 7.19. The summed E-state index contributed by atoms with van der Waals surface area (Å²) in [4.78, 5) is 13.6. The van der Waals surface area contributed by atoms with Crippen LogP contribution >= 0.6 is 0 Å². The first kappa shape index (κ1) is 15.7. The number of nitrogens with zero attached hydrogens (tertiary/aromatic N) is 1. The Morgan fingerprint density at radius 2 is 1.95 bits per heavy atom. The van der Waals surface area contributed by atoms with Crippen LogP contribution in [0.2, 0.25) is 0 Å². The zero-order valence-corrected chi connectivity index (χ0v) is 12.4. The summed E-state index contributed by atoms with van der Waals surface area (Å²) in [5, 5.41) is 3.39. The molecule has 0 saturated carbocycles. The molecule has 0 aliphatic rings. The molecule has 1 aromatic rings. The Balaban J connectivity index is 2.58. The first-order valence-electron chi connectivity index (χ1n) is 7.21. The lowest BCUT2D eigenvalue weighted by Gasteiger charge is -2.21. The van der Waals surface area contributed by atoms with E-state index in [1.165, 1.54) is 18.4 Å². The van der Waals surface area contributed by atoms with Crippen molar-refractivity contribution < 1.29 is 4.79 Å². The molecule has 1 atom stereocenters. The van der Waals surface area contributed by atoms with Gasteiger partial charge in [0.1, 0.15) is 0 Å². The lowest BCUT2D eigenvalue weighted by Crippen LogP contribution is -2.37. The molecule has 1 unspecified atom stereocenters. The van der Waals surface area contributed by atoms with Gasteiger partial charge in [0.2, 0.25) is 5.91 Å². The summed E-state index contributed by atoms with van der Waals surface area (Å²) < 4.78 is 0. The van der Waals surface area contributed by atoms with Crippen LogP contribution in [0.25, 0.3) is 0 Å². The third kappa shape index (κ3) is 5.43. The van der Waals surface area contributed by atoms with Crippen molar-refractivity contribution in [2.45, 2.75) is 39.2 Å². The smallest absolute Gasteiger partial charge is 0.236 e. The normalized spacial score (nSPS) is 12.2. The van der Waals surface area contributed by atoms with E-state index in [1.54, 1.807) is 4.90 Å². The van der Waals surface area contributed by atoms with Gasteiger partial charge in [0, 0.05) is 19.6 Å². The van der Waals surface area contributed by atoms with Crippen LogP contribution in [0.15, 0.2) is 30.3 Å². The van der Waals surface area contributed by atoms with Gasteiger partial charge >= 0.3 is 0 Å². The Bertz CT molecular complexity index is 364. The van der Waals surface area contributed by atoms with Crippen LogP contribution < -0.4 is 5.32 Å². The van der Waals surface area contributed by atoms with Crippen molar-refractivity contribution in [1.29, 1.82) is 0 Å². The average molecular weight is 262 g/mol. The van der Waals surface area contributed by atoms with Crippen molar-refractivity contribution in [1.82, 2.24) is 10.2 Å². The number of unbranched alkanes of at least 4 members (excludes halogenated alkanes) is 1. The van der Waals surface area contributed by atoms with Gasteiger partial charge in [-0.15, -0.1) is 0 Å². The molecule has 1 rings (SSSR count). The second-order valence-electron chi connectivity index (χ2n) is 4.89. The summed E-state index contributed by atoms with van der Waals surface area (Å²) in [6, 6.07) is 10.7. The number of hydrogen-bond acceptors (Lipinski definition) is 2. The molecule has 0 aromatic heterocycles. The highest BCUT2D eigenvalue weighted by atomic mass is 16.2. The predicted octanol–water partition coefficient (Wildman–Crippen LogP) is 2.99. The molecule has 19 heavy (non-hydrogen) atoms. The van der Waals surface area contributed by atoms with Crippen molar-refractivity contribution in [3.05, 3.63) is 35.9 Å². The minimum Gasteiger partial charge on any atom is -0.345 e. The fraction of sp³-hybridized carbons (Fsp3) is 0.562. The summed E-state index contributed by atoms with van der Waals surface area (Å²) in [5.41, 5.74) is 1.27. The van der Waals surface area contributed by atoms with Gasteiger partial charge in [-0.25, -0.2) is 0 Å². The average Bonchev–Trinajstić information content (AvgIpc) is 2.47. The van der Waals surface area contributed by atoms with Crippen LogP contribution in [-0.4, -0.2) is 30.9 Å². The van der Waals surface area contributed by atoms with Crippen molar-refractivity contribution >= 4 is 5.91 Å². The predicted molar refractivity (Wildman–Crippen MR) is 80.0 cm³/mol. The molecule has 0 radical (unpaired) electrons. The zero-order valence-electron chi connectivity index (χ0n) is 12.4. The molecule has 0 heterocycles. The van der Waals surface area contributed by atoms with Gasteiger partial charge in [-0.1, -0.05) is 50.1 Å². The lowest BCUT2D eigenvalue weighted by atomic mass is 10.0. The molecular formula is C16H26N2O. The largest absolute Gasteiger partial charge is 0.345 e.